The lowest BCUT2D eigenvalue weighted by molar-refractivity contribution is 0.435. The minimum absolute atomic E-state index is 0.169. The Labute approximate surface area is 134 Å². The molecule has 8 heteroatoms. The van der Waals surface area contributed by atoms with E-state index in [0.29, 0.717) is 17.6 Å². The van der Waals surface area contributed by atoms with Crippen molar-refractivity contribution in [3.05, 3.63) is 21.1 Å². The lowest BCUT2D eigenvalue weighted by atomic mass is 10.3. The maximum atomic E-state index is 12.7. The predicted octanol–water partition coefficient (Wildman–Crippen LogP) is 2.92. The molecule has 1 aromatic carbocycles. The van der Waals surface area contributed by atoms with Gasteiger partial charge in [0.2, 0.25) is 10.0 Å². The maximum absolute atomic E-state index is 12.7. The summed E-state index contributed by atoms with van der Waals surface area (Å²) in [5.74, 6) is 1.83. The molecule has 1 heterocycles. The predicted molar refractivity (Wildman–Crippen MR) is 87.0 cm³/mol. The van der Waals surface area contributed by atoms with Crippen molar-refractivity contribution in [1.29, 1.82) is 0 Å². The van der Waals surface area contributed by atoms with Gasteiger partial charge in [0.15, 0.2) is 0 Å². The van der Waals surface area contributed by atoms with Gasteiger partial charge in [0, 0.05) is 27.8 Å². The van der Waals surface area contributed by atoms with Crippen LogP contribution in [0, 0.1) is 0 Å². The number of rotatable bonds is 2. The topological polar surface area (TPSA) is 63.4 Å². The van der Waals surface area contributed by atoms with Crippen molar-refractivity contribution in [3.63, 3.8) is 0 Å². The molecule has 2 N–H and O–H groups in total. The number of nitrogens with two attached hydrogens (primary N) is 1. The Morgan fingerprint density at radius 1 is 1.21 bits per heavy atom. The summed E-state index contributed by atoms with van der Waals surface area (Å²) in [5.41, 5.74) is 6.15. The average molecular weight is 430 g/mol. The first-order chi connectivity index (χ1) is 8.93. The van der Waals surface area contributed by atoms with Crippen molar-refractivity contribution >= 4 is 59.3 Å². The van der Waals surface area contributed by atoms with Gasteiger partial charge >= 0.3 is 0 Å². The van der Waals surface area contributed by atoms with Crippen molar-refractivity contribution < 1.29 is 8.42 Å². The largest absolute Gasteiger partial charge is 0.398 e. The van der Waals surface area contributed by atoms with Crippen molar-refractivity contribution in [2.24, 2.45) is 0 Å². The second kappa shape index (κ2) is 6.34. The van der Waals surface area contributed by atoms with Crippen LogP contribution in [0.3, 0.4) is 0 Å². The van der Waals surface area contributed by atoms with Crippen LogP contribution in [-0.4, -0.2) is 37.3 Å². The number of sulfonamides is 1. The molecule has 1 aliphatic rings. The van der Waals surface area contributed by atoms with E-state index in [1.807, 2.05) is 0 Å². The van der Waals surface area contributed by atoms with E-state index in [9.17, 15) is 8.42 Å². The van der Waals surface area contributed by atoms with Gasteiger partial charge in [-0.1, -0.05) is 15.9 Å². The SMILES string of the molecule is Nc1cc(Br)cc(Br)c1S(=O)(=O)N1CCCSCC1. The van der Waals surface area contributed by atoms with E-state index in [0.717, 1.165) is 22.4 Å². The third kappa shape index (κ3) is 3.47. The van der Waals surface area contributed by atoms with Crippen LogP contribution in [0.2, 0.25) is 0 Å². The second-order valence-corrected chi connectivity index (χ2v) is 9.05. The van der Waals surface area contributed by atoms with E-state index in [1.165, 1.54) is 4.31 Å². The number of hydrogen-bond donors (Lipinski definition) is 1. The highest BCUT2D eigenvalue weighted by Crippen LogP contribution is 2.34. The monoisotopic (exact) mass is 428 g/mol. The summed E-state index contributed by atoms with van der Waals surface area (Å²) < 4.78 is 28.1. The van der Waals surface area contributed by atoms with Crippen LogP contribution in [0.5, 0.6) is 0 Å². The Hall–Kier alpha value is 0.240. The van der Waals surface area contributed by atoms with E-state index >= 15 is 0 Å². The van der Waals surface area contributed by atoms with E-state index in [-0.39, 0.29) is 10.6 Å². The smallest absolute Gasteiger partial charge is 0.246 e. The lowest BCUT2D eigenvalue weighted by Gasteiger charge is -2.21. The lowest BCUT2D eigenvalue weighted by Crippen LogP contribution is -2.33. The number of benzene rings is 1. The summed E-state index contributed by atoms with van der Waals surface area (Å²) in [6.45, 7) is 1.09. The zero-order valence-electron chi connectivity index (χ0n) is 10.1. The zero-order chi connectivity index (χ0) is 14.0. The van der Waals surface area contributed by atoms with Crippen LogP contribution < -0.4 is 5.73 Å². The molecule has 0 aliphatic carbocycles. The van der Waals surface area contributed by atoms with Gasteiger partial charge in [-0.25, -0.2) is 8.42 Å². The fourth-order valence-corrected chi connectivity index (χ4v) is 6.44. The highest BCUT2D eigenvalue weighted by atomic mass is 79.9. The molecular formula is C11H14Br2N2O2S2. The summed E-state index contributed by atoms with van der Waals surface area (Å²) in [6, 6.07) is 3.32. The van der Waals surface area contributed by atoms with E-state index < -0.39 is 10.0 Å². The summed E-state index contributed by atoms with van der Waals surface area (Å²) in [5, 5.41) is 0. The third-order valence-electron chi connectivity index (χ3n) is 2.82. The van der Waals surface area contributed by atoms with E-state index in [4.69, 9.17) is 5.73 Å². The fraction of sp³-hybridized carbons (Fsp3) is 0.455. The molecule has 0 bridgehead atoms. The molecule has 106 valence electrons. The first-order valence-electron chi connectivity index (χ1n) is 5.75. The summed E-state index contributed by atoms with van der Waals surface area (Å²) >= 11 is 8.38. The van der Waals surface area contributed by atoms with Gasteiger partial charge in [-0.05, 0) is 40.2 Å². The van der Waals surface area contributed by atoms with Gasteiger partial charge in [-0.2, -0.15) is 16.1 Å². The van der Waals surface area contributed by atoms with Gasteiger partial charge in [0.25, 0.3) is 0 Å². The van der Waals surface area contributed by atoms with Gasteiger partial charge in [0.05, 0.1) is 5.69 Å². The Bertz CT molecular complexity index is 547. The summed E-state index contributed by atoms with van der Waals surface area (Å²) in [4.78, 5) is 0.169. The van der Waals surface area contributed by atoms with Gasteiger partial charge < -0.3 is 5.73 Å². The van der Waals surface area contributed by atoms with E-state index in [1.54, 1.807) is 23.9 Å². The number of thioether (sulfide) groups is 1. The average Bonchev–Trinajstić information content (AvgIpc) is 2.55. The van der Waals surface area contributed by atoms with Gasteiger partial charge in [-0.3, -0.25) is 0 Å². The molecular weight excluding hydrogens is 416 g/mol. The van der Waals surface area contributed by atoms with Crippen molar-refractivity contribution in [3.8, 4) is 0 Å². The molecule has 0 amide bonds. The molecule has 1 saturated heterocycles. The molecule has 19 heavy (non-hydrogen) atoms. The third-order valence-corrected chi connectivity index (χ3v) is 7.23. The Kier molecular flexibility index (Phi) is 5.21. The molecule has 1 aromatic rings. The first-order valence-corrected chi connectivity index (χ1v) is 9.93. The Morgan fingerprint density at radius 3 is 2.63 bits per heavy atom. The normalized spacial score (nSPS) is 18.2. The minimum atomic E-state index is -3.54. The van der Waals surface area contributed by atoms with Gasteiger partial charge in [0.1, 0.15) is 4.90 Å². The molecule has 0 atom stereocenters. The van der Waals surface area contributed by atoms with Gasteiger partial charge in [-0.15, -0.1) is 0 Å². The number of nitrogens with zero attached hydrogens (tertiary/aromatic N) is 1. The van der Waals surface area contributed by atoms with Crippen LogP contribution in [-0.2, 0) is 10.0 Å². The fourth-order valence-electron chi connectivity index (χ4n) is 1.95. The molecule has 4 nitrogen and oxygen atoms in total. The number of hydrogen-bond acceptors (Lipinski definition) is 4. The molecule has 0 spiro atoms. The Balaban J connectivity index is 2.44. The van der Waals surface area contributed by atoms with Crippen LogP contribution in [0.1, 0.15) is 6.42 Å². The van der Waals surface area contributed by atoms with Crippen LogP contribution in [0.25, 0.3) is 0 Å². The molecule has 0 saturated carbocycles. The quantitative estimate of drug-likeness (QED) is 0.734. The maximum Gasteiger partial charge on any atom is 0.246 e. The van der Waals surface area contributed by atoms with Crippen molar-refractivity contribution in [1.82, 2.24) is 4.31 Å². The first kappa shape index (κ1) is 15.6. The van der Waals surface area contributed by atoms with Crippen LogP contribution >= 0.6 is 43.6 Å². The molecule has 0 unspecified atom stereocenters. The highest BCUT2D eigenvalue weighted by Gasteiger charge is 2.29. The molecule has 0 aromatic heterocycles. The number of nitrogen functional groups attached to an aromatic ring is 1. The summed E-state index contributed by atoms with van der Waals surface area (Å²) in [7, 11) is -3.54. The summed E-state index contributed by atoms with van der Waals surface area (Å²) in [6.07, 6.45) is 0.873. The van der Waals surface area contributed by atoms with E-state index in [2.05, 4.69) is 31.9 Å². The second-order valence-electron chi connectivity index (χ2n) is 4.18. The standard InChI is InChI=1S/C11H14Br2N2O2S2/c12-8-6-9(13)11(10(14)7-8)19(16,17)15-2-1-4-18-5-3-15/h6-7H,1-5,14H2. The van der Waals surface area contributed by atoms with Crippen LogP contribution in [0.15, 0.2) is 26.0 Å². The molecule has 0 radical (unpaired) electrons. The molecule has 2 rings (SSSR count). The Morgan fingerprint density at radius 2 is 1.95 bits per heavy atom. The number of anilines is 1. The molecule has 1 aliphatic heterocycles. The minimum Gasteiger partial charge on any atom is -0.398 e. The highest BCUT2D eigenvalue weighted by molar-refractivity contribution is 9.11. The van der Waals surface area contributed by atoms with Crippen LogP contribution in [0.4, 0.5) is 5.69 Å². The van der Waals surface area contributed by atoms with Crippen molar-refractivity contribution in [2.75, 3.05) is 30.3 Å². The van der Waals surface area contributed by atoms with Crippen molar-refractivity contribution in [2.45, 2.75) is 11.3 Å². The molecule has 1 fully saturated rings. The number of halogens is 2. The zero-order valence-corrected chi connectivity index (χ0v) is 14.9.